The molecular weight excluding hydrogens is 443 g/mol. The van der Waals surface area contributed by atoms with E-state index in [1.165, 1.54) is 6.07 Å². The molecule has 2 aliphatic rings. The van der Waals surface area contributed by atoms with Gasteiger partial charge in [0, 0.05) is 56.4 Å². The number of carbonyl (C=O) groups is 2. The van der Waals surface area contributed by atoms with Crippen molar-refractivity contribution in [2.45, 2.75) is 19.1 Å². The maximum Gasteiger partial charge on any atom is 0.416 e. The van der Waals surface area contributed by atoms with E-state index >= 15 is 0 Å². The van der Waals surface area contributed by atoms with Crippen molar-refractivity contribution in [3.05, 3.63) is 64.7 Å². The number of rotatable bonds is 4. The van der Waals surface area contributed by atoms with E-state index in [2.05, 4.69) is 0 Å². The Morgan fingerprint density at radius 1 is 1.03 bits per heavy atom. The molecule has 1 atom stereocenters. The van der Waals surface area contributed by atoms with Crippen LogP contribution >= 0.6 is 11.6 Å². The SMILES string of the molecule is O=C1C[C@H](C(=O)N2CCN(c3cccc(C(F)(F)F)c3)CC2)CN1Cc1ccccc1Cl. The van der Waals surface area contributed by atoms with Gasteiger partial charge >= 0.3 is 6.18 Å². The molecule has 2 fully saturated rings. The van der Waals surface area contributed by atoms with Gasteiger partial charge in [0.15, 0.2) is 0 Å². The second-order valence-electron chi connectivity index (χ2n) is 8.13. The monoisotopic (exact) mass is 465 g/mol. The van der Waals surface area contributed by atoms with Gasteiger partial charge in [0.1, 0.15) is 0 Å². The van der Waals surface area contributed by atoms with Crippen molar-refractivity contribution >= 4 is 29.1 Å². The zero-order valence-electron chi connectivity index (χ0n) is 17.3. The molecule has 0 unspecified atom stereocenters. The fourth-order valence-corrected chi connectivity index (χ4v) is 4.44. The first-order chi connectivity index (χ1) is 15.2. The second-order valence-corrected chi connectivity index (χ2v) is 8.53. The number of carbonyl (C=O) groups excluding carboxylic acids is 2. The van der Waals surface area contributed by atoms with E-state index in [1.807, 2.05) is 23.1 Å². The maximum absolute atomic E-state index is 13.0. The van der Waals surface area contributed by atoms with Crippen molar-refractivity contribution < 1.29 is 22.8 Å². The minimum absolute atomic E-state index is 0.0779. The third-order valence-corrected chi connectivity index (χ3v) is 6.38. The molecule has 0 radical (unpaired) electrons. The van der Waals surface area contributed by atoms with Crippen LogP contribution in [0.2, 0.25) is 5.02 Å². The smallest absolute Gasteiger partial charge is 0.368 e. The summed E-state index contributed by atoms with van der Waals surface area (Å²) in [5, 5.41) is 0.584. The Labute approximate surface area is 189 Å². The minimum Gasteiger partial charge on any atom is -0.368 e. The van der Waals surface area contributed by atoms with Crippen molar-refractivity contribution in [3.8, 4) is 0 Å². The normalized spacial score (nSPS) is 19.6. The van der Waals surface area contributed by atoms with Crippen LogP contribution in [0.5, 0.6) is 0 Å². The van der Waals surface area contributed by atoms with Crippen molar-refractivity contribution in [3.63, 3.8) is 0 Å². The van der Waals surface area contributed by atoms with Crippen LogP contribution in [-0.2, 0) is 22.3 Å². The van der Waals surface area contributed by atoms with Crippen LogP contribution in [-0.4, -0.2) is 54.3 Å². The molecule has 0 aliphatic carbocycles. The average molecular weight is 466 g/mol. The molecule has 2 aliphatic heterocycles. The topological polar surface area (TPSA) is 43.9 Å². The molecule has 2 heterocycles. The fraction of sp³-hybridized carbons (Fsp3) is 0.391. The van der Waals surface area contributed by atoms with Crippen LogP contribution in [0.1, 0.15) is 17.5 Å². The Hall–Kier alpha value is -2.74. The number of hydrogen-bond acceptors (Lipinski definition) is 3. The van der Waals surface area contributed by atoms with Gasteiger partial charge in [-0.1, -0.05) is 35.9 Å². The molecule has 170 valence electrons. The number of piperazine rings is 1. The Kier molecular flexibility index (Phi) is 6.33. The Bertz CT molecular complexity index is 1010. The van der Waals surface area contributed by atoms with E-state index in [4.69, 9.17) is 11.6 Å². The molecule has 0 saturated carbocycles. The molecule has 0 spiro atoms. The molecule has 0 aromatic heterocycles. The number of nitrogens with zero attached hydrogens (tertiary/aromatic N) is 3. The van der Waals surface area contributed by atoms with Crippen molar-refractivity contribution in [2.24, 2.45) is 5.92 Å². The molecule has 2 saturated heterocycles. The number of alkyl halides is 3. The molecule has 0 N–H and O–H groups in total. The number of amides is 2. The van der Waals surface area contributed by atoms with Gasteiger partial charge in [-0.05, 0) is 29.8 Å². The van der Waals surface area contributed by atoms with Gasteiger partial charge in [-0.25, -0.2) is 0 Å². The zero-order valence-corrected chi connectivity index (χ0v) is 18.1. The van der Waals surface area contributed by atoms with Gasteiger partial charge < -0.3 is 14.7 Å². The molecule has 32 heavy (non-hydrogen) atoms. The van der Waals surface area contributed by atoms with Gasteiger partial charge in [0.25, 0.3) is 0 Å². The van der Waals surface area contributed by atoms with E-state index < -0.39 is 17.7 Å². The van der Waals surface area contributed by atoms with Crippen LogP contribution in [0.15, 0.2) is 48.5 Å². The summed E-state index contributed by atoms with van der Waals surface area (Å²) >= 11 is 6.19. The summed E-state index contributed by atoms with van der Waals surface area (Å²) in [7, 11) is 0. The molecule has 4 rings (SSSR count). The van der Waals surface area contributed by atoms with Gasteiger partial charge in [-0.15, -0.1) is 0 Å². The fourth-order valence-electron chi connectivity index (χ4n) is 4.24. The highest BCUT2D eigenvalue weighted by Crippen LogP contribution is 2.32. The predicted molar refractivity (Wildman–Crippen MR) is 115 cm³/mol. The molecular formula is C23H23ClF3N3O2. The van der Waals surface area contributed by atoms with E-state index in [-0.39, 0.29) is 18.2 Å². The number of likely N-dealkylation sites (tertiary alicyclic amines) is 1. The molecule has 5 nitrogen and oxygen atoms in total. The van der Waals surface area contributed by atoms with Crippen LogP contribution in [0.3, 0.4) is 0 Å². The average Bonchev–Trinajstić information content (AvgIpc) is 3.14. The van der Waals surface area contributed by atoms with Crippen LogP contribution < -0.4 is 4.90 Å². The van der Waals surface area contributed by atoms with E-state index in [1.54, 1.807) is 21.9 Å². The Morgan fingerprint density at radius 3 is 2.44 bits per heavy atom. The van der Waals surface area contributed by atoms with E-state index in [0.717, 1.165) is 17.7 Å². The first-order valence-electron chi connectivity index (χ1n) is 10.4. The van der Waals surface area contributed by atoms with Crippen molar-refractivity contribution in [1.82, 2.24) is 9.80 Å². The third-order valence-electron chi connectivity index (χ3n) is 6.01. The largest absolute Gasteiger partial charge is 0.416 e. The molecule has 2 amide bonds. The first kappa shape index (κ1) is 22.5. The molecule has 0 bridgehead atoms. The summed E-state index contributed by atoms with van der Waals surface area (Å²) < 4.78 is 39.0. The lowest BCUT2D eigenvalue weighted by molar-refractivity contribution is -0.137. The third kappa shape index (κ3) is 4.85. The number of benzene rings is 2. The quantitative estimate of drug-likeness (QED) is 0.684. The lowest BCUT2D eigenvalue weighted by Gasteiger charge is -2.37. The lowest BCUT2D eigenvalue weighted by atomic mass is 10.1. The second kappa shape index (κ2) is 9.02. The van der Waals surface area contributed by atoms with Crippen molar-refractivity contribution in [2.75, 3.05) is 37.6 Å². The van der Waals surface area contributed by atoms with E-state index in [9.17, 15) is 22.8 Å². The summed E-state index contributed by atoms with van der Waals surface area (Å²) in [4.78, 5) is 30.7. The number of anilines is 1. The highest BCUT2D eigenvalue weighted by Gasteiger charge is 2.37. The highest BCUT2D eigenvalue weighted by molar-refractivity contribution is 6.31. The van der Waals surface area contributed by atoms with Gasteiger partial charge in [0.2, 0.25) is 11.8 Å². The van der Waals surface area contributed by atoms with E-state index in [0.29, 0.717) is 50.0 Å². The Balaban J connectivity index is 1.34. The van der Waals surface area contributed by atoms with Gasteiger partial charge in [-0.3, -0.25) is 9.59 Å². The summed E-state index contributed by atoms with van der Waals surface area (Å²) in [6, 6.07) is 12.5. The summed E-state index contributed by atoms with van der Waals surface area (Å²) in [5.74, 6) is -0.570. The van der Waals surface area contributed by atoms with Gasteiger partial charge in [0.05, 0.1) is 11.5 Å². The summed E-state index contributed by atoms with van der Waals surface area (Å²) in [6.45, 7) is 2.41. The maximum atomic E-state index is 13.0. The minimum atomic E-state index is -4.39. The lowest BCUT2D eigenvalue weighted by Crippen LogP contribution is -2.50. The molecule has 9 heteroatoms. The van der Waals surface area contributed by atoms with Crippen LogP contribution in [0.25, 0.3) is 0 Å². The molecule has 2 aromatic carbocycles. The highest BCUT2D eigenvalue weighted by atomic mass is 35.5. The number of hydrogen-bond donors (Lipinski definition) is 0. The predicted octanol–water partition coefficient (Wildman–Crippen LogP) is 4.06. The Morgan fingerprint density at radius 2 is 1.75 bits per heavy atom. The molecule has 2 aromatic rings. The summed E-state index contributed by atoms with van der Waals surface area (Å²) in [6.07, 6.45) is -4.23. The van der Waals surface area contributed by atoms with Crippen molar-refractivity contribution in [1.29, 1.82) is 0 Å². The summed E-state index contributed by atoms with van der Waals surface area (Å²) in [5.41, 5.74) is 0.649. The zero-order chi connectivity index (χ0) is 22.9. The van der Waals surface area contributed by atoms with Crippen LogP contribution in [0.4, 0.5) is 18.9 Å². The van der Waals surface area contributed by atoms with Gasteiger partial charge in [-0.2, -0.15) is 13.2 Å². The number of halogens is 4. The van der Waals surface area contributed by atoms with Crippen LogP contribution in [0, 0.1) is 5.92 Å². The standard InChI is InChI=1S/C23H23ClF3N3O2/c24-20-7-2-1-4-16(20)14-30-15-17(12-21(30)31)22(32)29-10-8-28(9-11-29)19-6-3-5-18(13-19)23(25,26)27/h1-7,13,17H,8-12,14-15H2/t17-/m0/s1. The first-order valence-corrected chi connectivity index (χ1v) is 10.8.